The molecule has 1 aliphatic heterocycles. The van der Waals surface area contributed by atoms with Gasteiger partial charge in [-0.1, -0.05) is 24.3 Å². The molecule has 2 aromatic heterocycles. The molecular formula is C32H33N5O4S. The van der Waals surface area contributed by atoms with Crippen LogP contribution in [0.1, 0.15) is 57.1 Å². The van der Waals surface area contributed by atoms with E-state index in [1.165, 1.54) is 0 Å². The molecule has 1 fully saturated rings. The number of methoxy groups -OCH3 is 1. The SMILES string of the molecule is COc1ccccc1NC(=O)CCN1C(=S)NC(c2ccccn2)C1c1cc(C)n(-c2cc(C(=O)O)ccc2C)c1C. The summed E-state index contributed by atoms with van der Waals surface area (Å²) in [5, 5.41) is 16.6. The minimum atomic E-state index is -0.975. The molecule has 1 saturated heterocycles. The summed E-state index contributed by atoms with van der Waals surface area (Å²) in [6.45, 7) is 6.37. The molecule has 42 heavy (non-hydrogen) atoms. The van der Waals surface area contributed by atoms with Crippen LogP contribution in [-0.2, 0) is 4.79 Å². The molecular weight excluding hydrogens is 550 g/mol. The first-order valence-corrected chi connectivity index (χ1v) is 14.0. The highest BCUT2D eigenvalue weighted by Gasteiger charge is 2.41. The van der Waals surface area contributed by atoms with Crippen molar-refractivity contribution in [3.63, 3.8) is 0 Å². The van der Waals surface area contributed by atoms with Gasteiger partial charge in [-0.25, -0.2) is 4.79 Å². The first kappa shape index (κ1) is 28.8. The smallest absolute Gasteiger partial charge is 0.335 e. The summed E-state index contributed by atoms with van der Waals surface area (Å²) < 4.78 is 7.46. The minimum absolute atomic E-state index is 0.158. The van der Waals surface area contributed by atoms with Crippen LogP contribution in [0, 0.1) is 20.8 Å². The molecule has 1 aliphatic rings. The van der Waals surface area contributed by atoms with Crippen molar-refractivity contribution >= 4 is 34.9 Å². The number of hydrogen-bond donors (Lipinski definition) is 3. The van der Waals surface area contributed by atoms with Crippen molar-refractivity contribution in [1.29, 1.82) is 0 Å². The molecule has 1 amide bonds. The van der Waals surface area contributed by atoms with Crippen LogP contribution in [0.15, 0.2) is 72.9 Å². The number of pyridine rings is 1. The molecule has 9 nitrogen and oxygen atoms in total. The Kier molecular flexibility index (Phi) is 8.26. The lowest BCUT2D eigenvalue weighted by molar-refractivity contribution is -0.116. The van der Waals surface area contributed by atoms with Crippen LogP contribution in [0.25, 0.3) is 5.69 Å². The van der Waals surface area contributed by atoms with Crippen LogP contribution in [0.3, 0.4) is 0 Å². The van der Waals surface area contributed by atoms with Crippen molar-refractivity contribution in [3.8, 4) is 11.4 Å². The van der Waals surface area contributed by atoms with Gasteiger partial charge in [-0.2, -0.15) is 0 Å². The molecule has 0 spiro atoms. The highest BCUT2D eigenvalue weighted by Crippen LogP contribution is 2.41. The number of para-hydroxylation sites is 2. The molecule has 216 valence electrons. The Morgan fingerprint density at radius 3 is 2.55 bits per heavy atom. The van der Waals surface area contributed by atoms with Gasteiger partial charge in [0.25, 0.3) is 0 Å². The normalized spacial score (nSPS) is 16.3. The Morgan fingerprint density at radius 1 is 1.07 bits per heavy atom. The number of amides is 1. The number of nitrogens with zero attached hydrogens (tertiary/aromatic N) is 3. The highest BCUT2D eigenvalue weighted by molar-refractivity contribution is 7.80. The lowest BCUT2D eigenvalue weighted by Crippen LogP contribution is -2.33. The molecule has 3 heterocycles. The van der Waals surface area contributed by atoms with Crippen LogP contribution in [0.4, 0.5) is 5.69 Å². The van der Waals surface area contributed by atoms with Gasteiger partial charge < -0.3 is 29.9 Å². The van der Waals surface area contributed by atoms with E-state index in [0.717, 1.165) is 33.9 Å². The summed E-state index contributed by atoms with van der Waals surface area (Å²) in [7, 11) is 1.57. The van der Waals surface area contributed by atoms with Crippen molar-refractivity contribution in [3.05, 3.63) is 107 Å². The van der Waals surface area contributed by atoms with Crippen LogP contribution in [0.5, 0.6) is 5.75 Å². The van der Waals surface area contributed by atoms with Gasteiger partial charge in [0.1, 0.15) is 5.75 Å². The lowest BCUT2D eigenvalue weighted by atomic mass is 9.96. The summed E-state index contributed by atoms with van der Waals surface area (Å²) in [4.78, 5) is 31.5. The van der Waals surface area contributed by atoms with Gasteiger partial charge in [-0.15, -0.1) is 0 Å². The average Bonchev–Trinajstić information content (AvgIpc) is 3.46. The van der Waals surface area contributed by atoms with Gasteiger partial charge in [-0.05, 0) is 86.6 Å². The third kappa shape index (κ3) is 5.58. The monoisotopic (exact) mass is 583 g/mol. The maximum Gasteiger partial charge on any atom is 0.335 e. The van der Waals surface area contributed by atoms with Gasteiger partial charge in [0, 0.05) is 36.2 Å². The van der Waals surface area contributed by atoms with Crippen molar-refractivity contribution in [1.82, 2.24) is 19.8 Å². The summed E-state index contributed by atoms with van der Waals surface area (Å²) in [5.74, 6) is -0.544. The zero-order valence-corrected chi connectivity index (χ0v) is 24.7. The number of aromatic carboxylic acids is 1. The van der Waals surface area contributed by atoms with E-state index < -0.39 is 5.97 Å². The van der Waals surface area contributed by atoms with Gasteiger partial charge in [0.2, 0.25) is 5.91 Å². The van der Waals surface area contributed by atoms with Gasteiger partial charge >= 0.3 is 5.97 Å². The van der Waals surface area contributed by atoms with Crippen LogP contribution < -0.4 is 15.4 Å². The van der Waals surface area contributed by atoms with E-state index >= 15 is 0 Å². The number of rotatable bonds is 9. The molecule has 0 saturated carbocycles. The number of carboxylic acids is 1. The second kappa shape index (κ2) is 12.0. The zero-order valence-electron chi connectivity index (χ0n) is 23.9. The molecule has 5 rings (SSSR count). The topological polar surface area (TPSA) is 109 Å². The molecule has 10 heteroatoms. The number of hydrogen-bond acceptors (Lipinski definition) is 5. The van der Waals surface area contributed by atoms with Crippen LogP contribution in [-0.4, -0.2) is 50.2 Å². The zero-order chi connectivity index (χ0) is 30.0. The fourth-order valence-electron chi connectivity index (χ4n) is 5.61. The van der Waals surface area contributed by atoms with Crippen molar-refractivity contribution in [2.45, 2.75) is 39.3 Å². The first-order valence-electron chi connectivity index (χ1n) is 13.6. The minimum Gasteiger partial charge on any atom is -0.495 e. The average molecular weight is 584 g/mol. The number of benzene rings is 2. The Balaban J connectivity index is 1.50. The predicted molar refractivity (Wildman–Crippen MR) is 165 cm³/mol. The Bertz CT molecular complexity index is 1650. The number of ether oxygens (including phenoxy) is 1. The number of aryl methyl sites for hydroxylation is 2. The van der Waals surface area contributed by atoms with E-state index in [2.05, 4.69) is 26.3 Å². The lowest BCUT2D eigenvalue weighted by Gasteiger charge is -2.28. The Morgan fingerprint density at radius 2 is 1.83 bits per heavy atom. The Labute approximate surface area is 250 Å². The number of aromatic nitrogens is 2. The van der Waals surface area contributed by atoms with E-state index in [-0.39, 0.29) is 30.0 Å². The predicted octanol–water partition coefficient (Wildman–Crippen LogP) is 5.51. The molecule has 2 atom stereocenters. The molecule has 0 radical (unpaired) electrons. The number of carboxylic acid groups (broad SMARTS) is 1. The van der Waals surface area contributed by atoms with Gasteiger partial charge in [0.05, 0.1) is 36.1 Å². The molecule has 2 aromatic carbocycles. The summed E-state index contributed by atoms with van der Waals surface area (Å²) in [6, 6.07) is 19.8. The maximum absolute atomic E-state index is 13.1. The van der Waals surface area contributed by atoms with E-state index in [1.54, 1.807) is 37.6 Å². The fourth-order valence-corrected chi connectivity index (χ4v) is 5.94. The van der Waals surface area contributed by atoms with Crippen molar-refractivity contribution in [2.24, 2.45) is 0 Å². The van der Waals surface area contributed by atoms with Gasteiger partial charge in [-0.3, -0.25) is 9.78 Å². The molecule has 4 aromatic rings. The third-order valence-corrected chi connectivity index (χ3v) is 8.00. The summed E-state index contributed by atoms with van der Waals surface area (Å²) in [5.41, 5.74) is 6.36. The molecule has 3 N–H and O–H groups in total. The van der Waals surface area contributed by atoms with Gasteiger partial charge in [0.15, 0.2) is 5.11 Å². The van der Waals surface area contributed by atoms with Crippen molar-refractivity contribution in [2.75, 3.05) is 19.0 Å². The first-order chi connectivity index (χ1) is 20.2. The standard InChI is InChI=1S/C32H33N5O4S/c1-19-12-13-22(31(39)40)18-26(19)37-20(2)17-23(21(37)3)30-29(25-10-7-8-15-33-25)35-32(42)36(30)16-14-28(38)34-24-9-5-6-11-27(24)41-4/h5-13,15,17-18,29-30H,14,16H2,1-4H3,(H,34,38)(H,35,42)(H,39,40). The van der Waals surface area contributed by atoms with Crippen LogP contribution in [0.2, 0.25) is 0 Å². The van der Waals surface area contributed by atoms with Crippen LogP contribution >= 0.6 is 12.2 Å². The molecule has 0 bridgehead atoms. The number of thiocarbonyl (C=S) groups is 1. The summed E-state index contributed by atoms with van der Waals surface area (Å²) in [6.07, 6.45) is 1.95. The second-order valence-electron chi connectivity index (χ2n) is 10.3. The Hall–Kier alpha value is -4.70. The van der Waals surface area contributed by atoms with E-state index in [1.807, 2.05) is 62.1 Å². The van der Waals surface area contributed by atoms with Crippen molar-refractivity contribution < 1.29 is 19.4 Å². The number of carbonyl (C=O) groups is 2. The maximum atomic E-state index is 13.1. The number of anilines is 1. The van der Waals surface area contributed by atoms with E-state index in [9.17, 15) is 14.7 Å². The van der Waals surface area contributed by atoms with E-state index in [4.69, 9.17) is 17.0 Å². The molecule has 0 aliphatic carbocycles. The largest absolute Gasteiger partial charge is 0.495 e. The summed E-state index contributed by atoms with van der Waals surface area (Å²) >= 11 is 5.82. The highest BCUT2D eigenvalue weighted by atomic mass is 32.1. The number of nitrogens with one attached hydrogen (secondary N) is 2. The fraction of sp³-hybridized carbons (Fsp3) is 0.250. The second-order valence-corrected chi connectivity index (χ2v) is 10.7. The van der Waals surface area contributed by atoms with E-state index in [0.29, 0.717) is 23.1 Å². The molecule has 2 unspecified atom stereocenters. The quantitative estimate of drug-likeness (QED) is 0.222. The third-order valence-electron chi connectivity index (χ3n) is 7.64. The number of carbonyl (C=O) groups excluding carboxylic acids is 1.